The third-order valence-electron chi connectivity index (χ3n) is 6.02. The van der Waals surface area contributed by atoms with Crippen molar-refractivity contribution in [3.63, 3.8) is 0 Å². The van der Waals surface area contributed by atoms with Gasteiger partial charge in [-0.2, -0.15) is 0 Å². The van der Waals surface area contributed by atoms with Gasteiger partial charge in [-0.1, -0.05) is 35.9 Å². The molecule has 0 amide bonds. The number of hydrogen-bond donors (Lipinski definition) is 1. The van der Waals surface area contributed by atoms with Crippen molar-refractivity contribution in [1.29, 1.82) is 0 Å². The summed E-state index contributed by atoms with van der Waals surface area (Å²) in [7, 11) is 0. The Morgan fingerprint density at radius 3 is 2.55 bits per heavy atom. The van der Waals surface area contributed by atoms with Crippen LogP contribution in [0.2, 0.25) is 5.02 Å². The van der Waals surface area contributed by atoms with Gasteiger partial charge in [-0.3, -0.25) is 9.69 Å². The monoisotopic (exact) mass is 464 g/mol. The van der Waals surface area contributed by atoms with Crippen molar-refractivity contribution < 1.29 is 14.3 Å². The molecule has 1 aromatic heterocycles. The van der Waals surface area contributed by atoms with Gasteiger partial charge in [0, 0.05) is 49.5 Å². The third-order valence-corrected chi connectivity index (χ3v) is 6.25. The number of benzene rings is 3. The molecule has 1 aliphatic rings. The van der Waals surface area contributed by atoms with Crippen LogP contribution in [0.5, 0.6) is 5.75 Å². The largest absolute Gasteiger partial charge is 0.487 e. The molecule has 6 nitrogen and oxygen atoms in total. The Morgan fingerprint density at radius 2 is 1.76 bits per heavy atom. The minimum Gasteiger partial charge on any atom is -0.487 e. The average molecular weight is 465 g/mol. The molecule has 2 heterocycles. The summed E-state index contributed by atoms with van der Waals surface area (Å²) in [4.78, 5) is 17.5. The standard InChI is InChI=1S/C26H25ClN2O4/c27-18-9-10-21-24(15-18)33-26-22(25(21)31)7-4-8-23(26)32-17-20(30)16-28-11-13-29(14-12-28)19-5-2-1-3-6-19/h1-10,15,20,30H,11-14,16-17H2. The van der Waals surface area contributed by atoms with Crippen molar-refractivity contribution in [2.75, 3.05) is 44.2 Å². The van der Waals surface area contributed by atoms with Crippen LogP contribution in [0, 0.1) is 0 Å². The molecule has 0 bridgehead atoms. The van der Waals surface area contributed by atoms with Gasteiger partial charge in [-0.05, 0) is 36.4 Å². The minimum atomic E-state index is -0.662. The number of halogens is 1. The Morgan fingerprint density at radius 1 is 0.970 bits per heavy atom. The second-order valence-electron chi connectivity index (χ2n) is 8.29. The van der Waals surface area contributed by atoms with E-state index in [4.69, 9.17) is 20.8 Å². The van der Waals surface area contributed by atoms with E-state index in [1.807, 2.05) is 6.07 Å². The van der Waals surface area contributed by atoms with Gasteiger partial charge in [0.1, 0.15) is 18.3 Å². The minimum absolute atomic E-state index is 0.106. The quantitative estimate of drug-likeness (QED) is 0.432. The summed E-state index contributed by atoms with van der Waals surface area (Å²) in [6, 6.07) is 20.5. The van der Waals surface area contributed by atoms with Gasteiger partial charge in [0.25, 0.3) is 0 Å². The van der Waals surface area contributed by atoms with Gasteiger partial charge in [-0.15, -0.1) is 0 Å². The fraction of sp³-hybridized carbons (Fsp3) is 0.269. The molecule has 0 spiro atoms. The molecule has 5 rings (SSSR count). The van der Waals surface area contributed by atoms with E-state index in [2.05, 4.69) is 34.1 Å². The van der Waals surface area contributed by atoms with E-state index in [0.29, 0.717) is 39.3 Å². The summed E-state index contributed by atoms with van der Waals surface area (Å²) in [5.74, 6) is 0.430. The van der Waals surface area contributed by atoms with E-state index in [1.165, 1.54) is 5.69 Å². The Kier molecular flexibility index (Phi) is 6.22. The lowest BCUT2D eigenvalue weighted by Crippen LogP contribution is -2.49. The highest BCUT2D eigenvalue weighted by Crippen LogP contribution is 2.28. The molecule has 7 heteroatoms. The van der Waals surface area contributed by atoms with Crippen molar-refractivity contribution in [3.05, 3.63) is 82.0 Å². The predicted molar refractivity (Wildman–Crippen MR) is 132 cm³/mol. The molecule has 1 atom stereocenters. The maximum absolute atomic E-state index is 12.9. The van der Waals surface area contributed by atoms with Crippen LogP contribution in [-0.2, 0) is 0 Å². The first-order chi connectivity index (χ1) is 16.1. The number of piperazine rings is 1. The highest BCUT2D eigenvalue weighted by molar-refractivity contribution is 6.31. The van der Waals surface area contributed by atoms with Crippen LogP contribution in [0.4, 0.5) is 5.69 Å². The summed E-state index contributed by atoms with van der Waals surface area (Å²) in [6.07, 6.45) is -0.662. The van der Waals surface area contributed by atoms with Crippen molar-refractivity contribution in [2.24, 2.45) is 0 Å². The van der Waals surface area contributed by atoms with Gasteiger partial charge < -0.3 is 19.2 Å². The Bertz CT molecular complexity index is 1320. The smallest absolute Gasteiger partial charge is 0.200 e. The summed E-state index contributed by atoms with van der Waals surface area (Å²) >= 11 is 6.07. The molecule has 1 fully saturated rings. The van der Waals surface area contributed by atoms with E-state index < -0.39 is 6.10 Å². The summed E-state index contributed by atoms with van der Waals surface area (Å²) in [5, 5.41) is 12.0. The molecular weight excluding hydrogens is 440 g/mol. The zero-order valence-corrected chi connectivity index (χ0v) is 18.9. The fourth-order valence-corrected chi connectivity index (χ4v) is 4.46. The van der Waals surface area contributed by atoms with Crippen LogP contribution in [0.15, 0.2) is 75.9 Å². The molecule has 33 heavy (non-hydrogen) atoms. The van der Waals surface area contributed by atoms with E-state index in [-0.39, 0.29) is 12.0 Å². The first kappa shape index (κ1) is 21.8. The van der Waals surface area contributed by atoms with Crippen LogP contribution in [0.25, 0.3) is 21.9 Å². The molecule has 3 aromatic carbocycles. The number of aliphatic hydroxyl groups excluding tert-OH is 1. The number of aliphatic hydroxyl groups is 1. The van der Waals surface area contributed by atoms with Crippen LogP contribution >= 0.6 is 11.6 Å². The van der Waals surface area contributed by atoms with Gasteiger partial charge >= 0.3 is 0 Å². The fourth-order valence-electron chi connectivity index (χ4n) is 4.30. The van der Waals surface area contributed by atoms with Crippen molar-refractivity contribution in [1.82, 2.24) is 4.90 Å². The lowest BCUT2D eigenvalue weighted by molar-refractivity contribution is 0.0665. The van der Waals surface area contributed by atoms with Crippen molar-refractivity contribution in [2.45, 2.75) is 6.10 Å². The maximum atomic E-state index is 12.9. The normalized spacial score (nSPS) is 15.8. The zero-order valence-electron chi connectivity index (χ0n) is 18.1. The highest BCUT2D eigenvalue weighted by atomic mass is 35.5. The van der Waals surface area contributed by atoms with Gasteiger partial charge in [-0.25, -0.2) is 0 Å². The number of hydrogen-bond acceptors (Lipinski definition) is 6. The Hall–Kier alpha value is -3.06. The van der Waals surface area contributed by atoms with E-state index in [1.54, 1.807) is 36.4 Å². The number of ether oxygens (including phenoxy) is 1. The van der Waals surface area contributed by atoms with Gasteiger partial charge in [0.15, 0.2) is 11.3 Å². The Labute approximate surface area is 196 Å². The average Bonchev–Trinajstić information content (AvgIpc) is 2.84. The lowest BCUT2D eigenvalue weighted by Gasteiger charge is -2.36. The van der Waals surface area contributed by atoms with Crippen LogP contribution in [0.3, 0.4) is 0 Å². The molecule has 4 aromatic rings. The summed E-state index contributed by atoms with van der Waals surface area (Å²) < 4.78 is 11.9. The van der Waals surface area contributed by atoms with Crippen molar-refractivity contribution in [3.8, 4) is 5.75 Å². The SMILES string of the molecule is O=c1c2ccc(Cl)cc2oc2c(OCC(O)CN3CCN(c4ccccc4)CC3)cccc12. The van der Waals surface area contributed by atoms with Crippen molar-refractivity contribution >= 4 is 39.2 Å². The predicted octanol–water partition coefficient (Wildman–Crippen LogP) is 4.16. The lowest BCUT2D eigenvalue weighted by atomic mass is 10.1. The van der Waals surface area contributed by atoms with E-state index in [0.717, 1.165) is 26.2 Å². The first-order valence-corrected chi connectivity index (χ1v) is 11.4. The molecule has 0 aliphatic carbocycles. The summed E-state index contributed by atoms with van der Waals surface area (Å²) in [5.41, 5.74) is 1.87. The molecule has 1 saturated heterocycles. The molecule has 1 N–H and O–H groups in total. The second-order valence-corrected chi connectivity index (χ2v) is 8.73. The number of β-amino-alcohol motifs (C(OH)–C–C–N with tert-alkyl or cyclic N) is 1. The Balaban J connectivity index is 1.24. The van der Waals surface area contributed by atoms with Crippen LogP contribution in [-0.4, -0.2) is 55.4 Å². The number of para-hydroxylation sites is 2. The maximum Gasteiger partial charge on any atom is 0.200 e. The highest BCUT2D eigenvalue weighted by Gasteiger charge is 2.20. The molecule has 170 valence electrons. The third kappa shape index (κ3) is 4.69. The topological polar surface area (TPSA) is 66.2 Å². The van der Waals surface area contributed by atoms with Gasteiger partial charge in [0.2, 0.25) is 5.43 Å². The van der Waals surface area contributed by atoms with Gasteiger partial charge in [0.05, 0.1) is 10.8 Å². The molecule has 1 unspecified atom stereocenters. The molecule has 0 radical (unpaired) electrons. The number of anilines is 1. The van der Waals surface area contributed by atoms with E-state index in [9.17, 15) is 9.90 Å². The molecule has 1 aliphatic heterocycles. The summed E-state index contributed by atoms with van der Waals surface area (Å²) in [6.45, 7) is 4.22. The number of fused-ring (bicyclic) bond motifs is 2. The van der Waals surface area contributed by atoms with Crippen LogP contribution in [0.1, 0.15) is 0 Å². The van der Waals surface area contributed by atoms with E-state index >= 15 is 0 Å². The first-order valence-electron chi connectivity index (χ1n) is 11.1. The molecule has 0 saturated carbocycles. The molecular formula is C26H25ClN2O4. The zero-order chi connectivity index (χ0) is 22.8. The number of nitrogens with zero attached hydrogens (tertiary/aromatic N) is 2. The van der Waals surface area contributed by atoms with Crippen LogP contribution < -0.4 is 15.1 Å². The second kappa shape index (κ2) is 9.43. The number of rotatable bonds is 6.